The second-order valence-electron chi connectivity index (χ2n) is 3.20. The molecule has 0 saturated carbocycles. The van der Waals surface area contributed by atoms with Crippen LogP contribution in [0, 0.1) is 0 Å². The van der Waals surface area contributed by atoms with Crippen molar-refractivity contribution in [1.82, 2.24) is 9.78 Å². The summed E-state index contributed by atoms with van der Waals surface area (Å²) in [5.74, 6) is -0.492. The largest absolute Gasteiger partial charge is 0.464 e. The number of nitrogens with zero attached hydrogens (tertiary/aromatic N) is 2. The van der Waals surface area contributed by atoms with E-state index in [2.05, 4.69) is 25.8 Å². The molecule has 0 spiro atoms. The van der Waals surface area contributed by atoms with Crippen molar-refractivity contribution in [1.29, 1.82) is 0 Å². The van der Waals surface area contributed by atoms with Gasteiger partial charge in [-0.05, 0) is 28.9 Å². The van der Waals surface area contributed by atoms with Crippen LogP contribution < -0.4 is 5.73 Å². The van der Waals surface area contributed by atoms with Gasteiger partial charge in [-0.2, -0.15) is 5.10 Å². The molecule has 0 aliphatic carbocycles. The summed E-state index contributed by atoms with van der Waals surface area (Å²) in [6, 6.07) is 1.23. The zero-order chi connectivity index (χ0) is 12.1. The molecule has 90 valence electrons. The van der Waals surface area contributed by atoms with Crippen molar-refractivity contribution in [2.45, 2.75) is 12.5 Å². The van der Waals surface area contributed by atoms with Gasteiger partial charge in [-0.3, -0.25) is 4.68 Å². The maximum atomic E-state index is 11.5. The summed E-state index contributed by atoms with van der Waals surface area (Å²) in [7, 11) is 1.30. The van der Waals surface area contributed by atoms with Gasteiger partial charge in [-0.15, -0.1) is 0 Å². The first-order chi connectivity index (χ1) is 7.63. The van der Waals surface area contributed by atoms with Gasteiger partial charge in [0.05, 0.1) is 19.8 Å². The Kier molecular flexibility index (Phi) is 4.91. The number of carbonyl (C=O) groups excluding carboxylic acids is 1. The quantitative estimate of drug-likeness (QED) is 0.762. The van der Waals surface area contributed by atoms with E-state index in [0.717, 1.165) is 0 Å². The lowest BCUT2D eigenvalue weighted by Gasteiger charge is -2.15. The van der Waals surface area contributed by atoms with Gasteiger partial charge in [0.2, 0.25) is 0 Å². The number of ether oxygens (including phenoxy) is 1. The first-order valence-corrected chi connectivity index (χ1v) is 5.57. The van der Waals surface area contributed by atoms with E-state index in [1.165, 1.54) is 11.8 Å². The van der Waals surface area contributed by atoms with E-state index in [4.69, 9.17) is 5.73 Å². The molecule has 16 heavy (non-hydrogen) atoms. The summed E-state index contributed by atoms with van der Waals surface area (Å²) in [5, 5.41) is 13.3. The maximum absolute atomic E-state index is 11.5. The van der Waals surface area contributed by atoms with Crippen LogP contribution in [0.2, 0.25) is 0 Å². The van der Waals surface area contributed by atoms with Gasteiger partial charge in [-0.1, -0.05) is 0 Å². The molecule has 1 heterocycles. The lowest BCUT2D eigenvalue weighted by atomic mass is 10.2. The van der Waals surface area contributed by atoms with Crippen molar-refractivity contribution in [2.75, 3.05) is 20.3 Å². The topological polar surface area (TPSA) is 90.4 Å². The summed E-state index contributed by atoms with van der Waals surface area (Å²) < 4.78 is 6.58. The maximum Gasteiger partial charge on any atom is 0.356 e. The van der Waals surface area contributed by atoms with Gasteiger partial charge >= 0.3 is 5.97 Å². The number of halogens is 1. The molecule has 0 amide bonds. The molecule has 6 nitrogen and oxygen atoms in total. The van der Waals surface area contributed by atoms with Crippen LogP contribution in [-0.2, 0) is 4.74 Å². The van der Waals surface area contributed by atoms with Gasteiger partial charge in [0, 0.05) is 6.07 Å². The second kappa shape index (κ2) is 5.97. The van der Waals surface area contributed by atoms with Crippen LogP contribution >= 0.6 is 15.9 Å². The average Bonchev–Trinajstić information content (AvgIpc) is 2.67. The van der Waals surface area contributed by atoms with Crippen LogP contribution in [0.15, 0.2) is 10.7 Å². The molecular weight excluding hydrogens is 278 g/mol. The van der Waals surface area contributed by atoms with Crippen LogP contribution in [0.25, 0.3) is 0 Å². The first kappa shape index (κ1) is 13.1. The van der Waals surface area contributed by atoms with Crippen LogP contribution in [0.3, 0.4) is 0 Å². The Morgan fingerprint density at radius 3 is 3.00 bits per heavy atom. The van der Waals surface area contributed by atoms with Crippen molar-refractivity contribution in [3.05, 3.63) is 16.4 Å². The van der Waals surface area contributed by atoms with E-state index in [0.29, 0.717) is 23.3 Å². The highest BCUT2D eigenvalue weighted by atomic mass is 79.9. The number of carbonyl (C=O) groups is 1. The zero-order valence-electron chi connectivity index (χ0n) is 8.89. The van der Waals surface area contributed by atoms with E-state index in [1.54, 1.807) is 6.07 Å². The monoisotopic (exact) mass is 291 g/mol. The molecular formula is C9H14BrN3O3. The molecule has 1 aromatic heterocycles. The normalized spacial score (nSPS) is 12.5. The standard InChI is InChI=1S/C9H14BrN3O3/c1-16-9(15)7-4-8(10)12-13(7)6(5-14)2-3-11/h4,6,14H,2-3,5,11H2,1H3. The molecule has 0 fully saturated rings. The lowest BCUT2D eigenvalue weighted by molar-refractivity contribution is 0.0579. The Morgan fingerprint density at radius 1 is 1.81 bits per heavy atom. The van der Waals surface area contributed by atoms with Crippen LogP contribution in [-0.4, -0.2) is 41.1 Å². The predicted octanol–water partition coefficient (Wildman–Crippen LogP) is 0.314. The Morgan fingerprint density at radius 2 is 2.50 bits per heavy atom. The Bertz CT molecular complexity index is 367. The van der Waals surface area contributed by atoms with Crippen molar-refractivity contribution >= 4 is 21.9 Å². The van der Waals surface area contributed by atoms with E-state index in [-0.39, 0.29) is 12.6 Å². The van der Waals surface area contributed by atoms with E-state index in [9.17, 15) is 9.90 Å². The third-order valence-corrected chi connectivity index (χ3v) is 2.54. The fraction of sp³-hybridized carbons (Fsp3) is 0.556. The highest BCUT2D eigenvalue weighted by Gasteiger charge is 2.20. The summed E-state index contributed by atoms with van der Waals surface area (Å²) in [6.45, 7) is 0.276. The van der Waals surface area contributed by atoms with Crippen molar-refractivity contribution in [3.8, 4) is 0 Å². The fourth-order valence-electron chi connectivity index (χ4n) is 1.38. The molecule has 0 radical (unpaired) electrons. The van der Waals surface area contributed by atoms with Gasteiger partial charge in [0.25, 0.3) is 0 Å². The van der Waals surface area contributed by atoms with Gasteiger partial charge in [0.1, 0.15) is 10.3 Å². The number of nitrogens with two attached hydrogens (primary N) is 1. The van der Waals surface area contributed by atoms with Crippen LogP contribution in [0.1, 0.15) is 23.0 Å². The number of hydrogen-bond donors (Lipinski definition) is 2. The summed E-state index contributed by atoms with van der Waals surface area (Å²) >= 11 is 3.18. The molecule has 3 N–H and O–H groups in total. The Labute approximate surface area is 102 Å². The smallest absolute Gasteiger partial charge is 0.356 e. The van der Waals surface area contributed by atoms with E-state index >= 15 is 0 Å². The highest BCUT2D eigenvalue weighted by molar-refractivity contribution is 9.10. The molecule has 7 heteroatoms. The molecule has 0 saturated heterocycles. The van der Waals surface area contributed by atoms with Crippen LogP contribution in [0.5, 0.6) is 0 Å². The number of hydrogen-bond acceptors (Lipinski definition) is 5. The molecule has 0 aromatic carbocycles. The Hall–Kier alpha value is -0.920. The van der Waals surface area contributed by atoms with E-state index in [1.807, 2.05) is 0 Å². The molecule has 1 aromatic rings. The number of methoxy groups -OCH3 is 1. The number of aliphatic hydroxyl groups excluding tert-OH is 1. The van der Waals surface area contributed by atoms with Crippen molar-refractivity contribution in [3.63, 3.8) is 0 Å². The molecule has 0 bridgehead atoms. The fourth-order valence-corrected chi connectivity index (χ4v) is 1.77. The second-order valence-corrected chi connectivity index (χ2v) is 4.01. The summed E-state index contributed by atoms with van der Waals surface area (Å²) in [6.07, 6.45) is 0.536. The van der Waals surface area contributed by atoms with Gasteiger partial charge in [-0.25, -0.2) is 4.79 Å². The summed E-state index contributed by atoms with van der Waals surface area (Å²) in [5.41, 5.74) is 5.72. The summed E-state index contributed by atoms with van der Waals surface area (Å²) in [4.78, 5) is 11.5. The van der Waals surface area contributed by atoms with Crippen LogP contribution in [0.4, 0.5) is 0 Å². The van der Waals surface area contributed by atoms with Gasteiger partial charge < -0.3 is 15.6 Å². The number of rotatable bonds is 5. The SMILES string of the molecule is COC(=O)c1cc(Br)nn1C(CO)CCN. The van der Waals surface area contributed by atoms with E-state index < -0.39 is 5.97 Å². The minimum atomic E-state index is -0.492. The minimum Gasteiger partial charge on any atom is -0.464 e. The van der Waals surface area contributed by atoms with Gasteiger partial charge in [0.15, 0.2) is 0 Å². The average molecular weight is 292 g/mol. The van der Waals surface area contributed by atoms with Crippen molar-refractivity contribution in [2.24, 2.45) is 5.73 Å². The zero-order valence-corrected chi connectivity index (χ0v) is 10.5. The molecule has 0 aliphatic rings. The Balaban J connectivity index is 3.05. The molecule has 0 aliphatic heterocycles. The lowest BCUT2D eigenvalue weighted by Crippen LogP contribution is -2.22. The third-order valence-electron chi connectivity index (χ3n) is 2.16. The predicted molar refractivity (Wildman–Crippen MR) is 61.1 cm³/mol. The van der Waals surface area contributed by atoms with Crippen molar-refractivity contribution < 1.29 is 14.6 Å². The first-order valence-electron chi connectivity index (χ1n) is 4.78. The highest BCUT2D eigenvalue weighted by Crippen LogP contribution is 2.18. The number of aromatic nitrogens is 2. The number of esters is 1. The third kappa shape index (κ3) is 2.81. The molecule has 1 atom stereocenters. The molecule has 1 rings (SSSR count). The molecule has 1 unspecified atom stereocenters. The number of aliphatic hydroxyl groups is 1. The minimum absolute atomic E-state index is 0.130.